The zero-order chi connectivity index (χ0) is 14.0. The largest absolute Gasteiger partial charge is 0.478 e. The van der Waals surface area contributed by atoms with Crippen molar-refractivity contribution < 1.29 is 14.3 Å². The summed E-state index contributed by atoms with van der Waals surface area (Å²) in [4.78, 5) is 14.7. The van der Waals surface area contributed by atoms with E-state index in [1.54, 1.807) is 0 Å². The van der Waals surface area contributed by atoms with Crippen LogP contribution in [0.5, 0.6) is 0 Å². The molecule has 0 spiro atoms. The van der Waals surface area contributed by atoms with Crippen LogP contribution in [-0.2, 0) is 0 Å². The molecular formula is C13H10FN3O2. The van der Waals surface area contributed by atoms with E-state index in [-0.39, 0.29) is 28.2 Å². The van der Waals surface area contributed by atoms with Crippen LogP contribution in [0.1, 0.15) is 21.6 Å². The SMILES string of the molecule is N=C(c1ccc(F)cn1)c1cc(C(=O)O)ccc1N. The first-order chi connectivity index (χ1) is 8.99. The van der Waals surface area contributed by atoms with E-state index in [9.17, 15) is 9.18 Å². The molecule has 2 rings (SSSR count). The first kappa shape index (κ1) is 12.7. The van der Waals surface area contributed by atoms with E-state index in [2.05, 4.69) is 4.98 Å². The summed E-state index contributed by atoms with van der Waals surface area (Å²) in [5, 5.41) is 16.9. The second kappa shape index (κ2) is 4.85. The Bertz CT molecular complexity index is 653. The molecular weight excluding hydrogens is 249 g/mol. The van der Waals surface area contributed by atoms with Gasteiger partial charge in [-0.05, 0) is 30.3 Å². The molecule has 1 aromatic heterocycles. The Morgan fingerprint density at radius 1 is 1.32 bits per heavy atom. The van der Waals surface area contributed by atoms with Crippen LogP contribution in [0.4, 0.5) is 10.1 Å². The molecule has 0 bridgehead atoms. The van der Waals surface area contributed by atoms with Crippen LogP contribution < -0.4 is 5.73 Å². The highest BCUT2D eigenvalue weighted by atomic mass is 19.1. The van der Waals surface area contributed by atoms with Gasteiger partial charge in [0.15, 0.2) is 0 Å². The number of carbonyl (C=O) groups is 1. The van der Waals surface area contributed by atoms with E-state index in [1.807, 2.05) is 0 Å². The number of anilines is 1. The number of benzene rings is 1. The lowest BCUT2D eigenvalue weighted by molar-refractivity contribution is 0.0697. The topological polar surface area (TPSA) is 100 Å². The number of nitrogens with one attached hydrogen (secondary N) is 1. The van der Waals surface area contributed by atoms with E-state index in [0.29, 0.717) is 0 Å². The third kappa shape index (κ3) is 2.57. The molecule has 19 heavy (non-hydrogen) atoms. The Morgan fingerprint density at radius 3 is 2.63 bits per heavy atom. The Morgan fingerprint density at radius 2 is 2.05 bits per heavy atom. The van der Waals surface area contributed by atoms with Gasteiger partial charge >= 0.3 is 5.97 Å². The van der Waals surface area contributed by atoms with Gasteiger partial charge in [0.1, 0.15) is 5.82 Å². The number of aromatic nitrogens is 1. The number of nitrogen functional groups attached to an aromatic ring is 1. The molecule has 0 aliphatic heterocycles. The molecule has 1 aromatic carbocycles. The Balaban J connectivity index is 2.46. The number of hydrogen-bond donors (Lipinski definition) is 3. The summed E-state index contributed by atoms with van der Waals surface area (Å²) in [6, 6.07) is 6.58. The van der Waals surface area contributed by atoms with E-state index in [1.165, 1.54) is 30.3 Å². The summed E-state index contributed by atoms with van der Waals surface area (Å²) >= 11 is 0. The van der Waals surface area contributed by atoms with Crippen LogP contribution in [-0.4, -0.2) is 21.8 Å². The molecule has 1 heterocycles. The number of hydrogen-bond acceptors (Lipinski definition) is 4. The summed E-state index contributed by atoms with van der Waals surface area (Å²) in [5.74, 6) is -1.62. The van der Waals surface area contributed by atoms with Gasteiger partial charge in [0.2, 0.25) is 0 Å². The molecule has 0 saturated carbocycles. The Labute approximate surface area is 108 Å². The smallest absolute Gasteiger partial charge is 0.335 e. The van der Waals surface area contributed by atoms with Crippen LogP contribution in [0, 0.1) is 11.2 Å². The number of rotatable bonds is 3. The third-order valence-corrected chi connectivity index (χ3v) is 2.55. The molecule has 0 atom stereocenters. The predicted octanol–water partition coefficient (Wildman–Crippen LogP) is 1.92. The molecule has 2 aromatic rings. The van der Waals surface area contributed by atoms with Crippen molar-refractivity contribution in [1.29, 1.82) is 5.41 Å². The molecule has 0 aliphatic carbocycles. The molecule has 0 aliphatic rings. The summed E-state index contributed by atoms with van der Waals surface area (Å²) in [6.45, 7) is 0. The summed E-state index contributed by atoms with van der Waals surface area (Å²) in [5.41, 5.74) is 6.42. The number of nitrogens with two attached hydrogens (primary N) is 1. The number of pyridine rings is 1. The lowest BCUT2D eigenvalue weighted by atomic mass is 10.0. The van der Waals surface area contributed by atoms with Gasteiger partial charge in [0, 0.05) is 11.3 Å². The minimum absolute atomic E-state index is 0.0241. The van der Waals surface area contributed by atoms with Crippen molar-refractivity contribution in [2.45, 2.75) is 0 Å². The van der Waals surface area contributed by atoms with Gasteiger partial charge in [-0.1, -0.05) is 0 Å². The molecule has 5 nitrogen and oxygen atoms in total. The predicted molar refractivity (Wildman–Crippen MR) is 67.9 cm³/mol. The first-order valence-electron chi connectivity index (χ1n) is 5.32. The highest BCUT2D eigenvalue weighted by Crippen LogP contribution is 2.18. The average Bonchev–Trinajstić information content (AvgIpc) is 2.39. The molecule has 0 fully saturated rings. The van der Waals surface area contributed by atoms with Crippen molar-refractivity contribution in [3.8, 4) is 0 Å². The minimum atomic E-state index is -1.11. The zero-order valence-corrected chi connectivity index (χ0v) is 9.72. The lowest BCUT2D eigenvalue weighted by Gasteiger charge is -2.08. The van der Waals surface area contributed by atoms with Crippen molar-refractivity contribution in [1.82, 2.24) is 4.98 Å². The van der Waals surface area contributed by atoms with Crippen molar-refractivity contribution in [2.24, 2.45) is 0 Å². The van der Waals surface area contributed by atoms with E-state index < -0.39 is 11.8 Å². The highest BCUT2D eigenvalue weighted by Gasteiger charge is 2.13. The van der Waals surface area contributed by atoms with E-state index in [0.717, 1.165) is 6.20 Å². The number of carboxylic acids is 1. The fourth-order valence-electron chi connectivity index (χ4n) is 1.57. The summed E-state index contributed by atoms with van der Waals surface area (Å²) in [7, 11) is 0. The minimum Gasteiger partial charge on any atom is -0.478 e. The maximum Gasteiger partial charge on any atom is 0.335 e. The number of halogens is 1. The second-order valence-corrected chi connectivity index (χ2v) is 3.84. The monoisotopic (exact) mass is 259 g/mol. The summed E-state index contributed by atoms with van der Waals surface area (Å²) < 4.78 is 12.8. The standard InChI is InChI=1S/C13H10FN3O2/c14-8-2-4-11(17-6-8)12(16)9-5-7(13(18)19)1-3-10(9)15/h1-6,16H,15H2,(H,18,19). The van der Waals surface area contributed by atoms with Gasteiger partial charge in [-0.2, -0.15) is 0 Å². The Hall–Kier alpha value is -2.76. The third-order valence-electron chi connectivity index (χ3n) is 2.55. The van der Waals surface area contributed by atoms with E-state index in [4.69, 9.17) is 16.2 Å². The molecule has 6 heteroatoms. The maximum absolute atomic E-state index is 12.8. The van der Waals surface area contributed by atoms with E-state index >= 15 is 0 Å². The van der Waals surface area contributed by atoms with Crippen LogP contribution in [0.3, 0.4) is 0 Å². The first-order valence-corrected chi connectivity index (χ1v) is 5.32. The molecule has 0 unspecified atom stereocenters. The average molecular weight is 259 g/mol. The maximum atomic E-state index is 12.8. The molecule has 0 saturated heterocycles. The molecule has 96 valence electrons. The van der Waals surface area contributed by atoms with Crippen LogP contribution in [0.2, 0.25) is 0 Å². The van der Waals surface area contributed by atoms with Gasteiger partial charge in [0.25, 0.3) is 0 Å². The van der Waals surface area contributed by atoms with Gasteiger partial charge in [-0.15, -0.1) is 0 Å². The molecule has 0 radical (unpaired) electrons. The van der Waals surface area contributed by atoms with Gasteiger partial charge in [-0.3, -0.25) is 10.4 Å². The normalized spacial score (nSPS) is 10.2. The van der Waals surface area contributed by atoms with Crippen molar-refractivity contribution >= 4 is 17.4 Å². The fourth-order valence-corrected chi connectivity index (χ4v) is 1.57. The number of aromatic carboxylic acids is 1. The van der Waals surface area contributed by atoms with Crippen LogP contribution in [0.25, 0.3) is 0 Å². The van der Waals surface area contributed by atoms with Gasteiger partial charge in [-0.25, -0.2) is 9.18 Å². The van der Waals surface area contributed by atoms with Crippen molar-refractivity contribution in [3.05, 3.63) is 59.2 Å². The van der Waals surface area contributed by atoms with Crippen molar-refractivity contribution in [2.75, 3.05) is 5.73 Å². The van der Waals surface area contributed by atoms with Gasteiger partial charge in [0.05, 0.1) is 23.2 Å². The second-order valence-electron chi connectivity index (χ2n) is 3.84. The number of carboxylic acid groups (broad SMARTS) is 1. The van der Waals surface area contributed by atoms with Gasteiger partial charge < -0.3 is 10.8 Å². The van der Waals surface area contributed by atoms with Crippen LogP contribution in [0.15, 0.2) is 36.5 Å². The Kier molecular flexibility index (Phi) is 3.24. The highest BCUT2D eigenvalue weighted by molar-refractivity contribution is 6.13. The molecule has 4 N–H and O–H groups in total. The fraction of sp³-hybridized carbons (Fsp3) is 0. The lowest BCUT2D eigenvalue weighted by Crippen LogP contribution is -2.09. The molecule has 0 amide bonds. The summed E-state index contributed by atoms with van der Waals surface area (Å²) in [6.07, 6.45) is 0.987. The van der Waals surface area contributed by atoms with Crippen LogP contribution >= 0.6 is 0 Å². The quantitative estimate of drug-likeness (QED) is 0.579. The number of nitrogens with zero attached hydrogens (tertiary/aromatic N) is 1. The van der Waals surface area contributed by atoms with Crippen molar-refractivity contribution in [3.63, 3.8) is 0 Å². The zero-order valence-electron chi connectivity index (χ0n) is 9.72.